The molecule has 1 aromatic carbocycles. The Kier molecular flexibility index (Phi) is 6.17. The average Bonchev–Trinajstić information content (AvgIpc) is 3.13. The van der Waals surface area contributed by atoms with Crippen molar-refractivity contribution in [1.29, 1.82) is 0 Å². The van der Waals surface area contributed by atoms with Crippen LogP contribution in [0.3, 0.4) is 0 Å². The van der Waals surface area contributed by atoms with Crippen LogP contribution in [0.5, 0.6) is 0 Å². The lowest BCUT2D eigenvalue weighted by Crippen LogP contribution is -2.46. The highest BCUT2D eigenvalue weighted by Crippen LogP contribution is 2.27. The van der Waals surface area contributed by atoms with Crippen LogP contribution >= 0.6 is 0 Å². The molecule has 0 unspecified atom stereocenters. The van der Waals surface area contributed by atoms with Crippen LogP contribution in [0.2, 0.25) is 0 Å². The summed E-state index contributed by atoms with van der Waals surface area (Å²) in [6, 6.07) is 7.84. The van der Waals surface area contributed by atoms with Gasteiger partial charge >= 0.3 is 0 Å². The number of benzene rings is 1. The number of unbranched alkanes of at least 4 members (excludes halogenated alkanes) is 1. The molecule has 134 valence electrons. The lowest BCUT2D eigenvalue weighted by molar-refractivity contribution is 0.0425. The summed E-state index contributed by atoms with van der Waals surface area (Å²) in [7, 11) is 0. The van der Waals surface area contributed by atoms with E-state index in [-0.39, 0.29) is 5.91 Å². The lowest BCUT2D eigenvalue weighted by atomic mass is 9.91. The van der Waals surface area contributed by atoms with E-state index in [1.807, 2.05) is 29.2 Å². The molecular formula is C19H26N4O2. The maximum Gasteiger partial charge on any atom is 0.256 e. The standard InChI is InChI=1S/C19H26N4O2/c1-2-3-14-25-15-13-22(16-7-6-8-16)19(24)17-9-4-5-10-18(17)23-20-11-12-21-23/h4-5,9-12,16H,2-3,6-8,13-15H2,1H3. The summed E-state index contributed by atoms with van der Waals surface area (Å²) in [6.07, 6.45) is 8.75. The molecule has 1 amide bonds. The average molecular weight is 342 g/mol. The van der Waals surface area contributed by atoms with Crippen LogP contribution in [0.15, 0.2) is 36.7 Å². The summed E-state index contributed by atoms with van der Waals surface area (Å²) in [4.78, 5) is 16.7. The molecule has 0 atom stereocenters. The fourth-order valence-corrected chi connectivity index (χ4v) is 2.98. The molecule has 0 aliphatic heterocycles. The minimum atomic E-state index is 0.0386. The lowest BCUT2D eigenvalue weighted by Gasteiger charge is -2.37. The zero-order valence-corrected chi connectivity index (χ0v) is 14.8. The summed E-state index contributed by atoms with van der Waals surface area (Å²) in [5, 5.41) is 8.35. The number of hydrogen-bond donors (Lipinski definition) is 0. The van der Waals surface area contributed by atoms with E-state index in [0.29, 0.717) is 30.4 Å². The Hall–Kier alpha value is -2.21. The van der Waals surface area contributed by atoms with Crippen LogP contribution in [-0.2, 0) is 4.74 Å². The number of rotatable bonds is 9. The SMILES string of the molecule is CCCCOCCN(C(=O)c1ccccc1-n1nccn1)C1CCC1. The number of carbonyl (C=O) groups excluding carboxylic acids is 1. The van der Waals surface area contributed by atoms with Gasteiger partial charge < -0.3 is 9.64 Å². The molecule has 1 heterocycles. The summed E-state index contributed by atoms with van der Waals surface area (Å²) in [5.41, 5.74) is 1.35. The van der Waals surface area contributed by atoms with Gasteiger partial charge in [0.1, 0.15) is 0 Å². The molecule has 25 heavy (non-hydrogen) atoms. The molecule has 1 aliphatic carbocycles. The first kappa shape index (κ1) is 17.6. The van der Waals surface area contributed by atoms with Crippen molar-refractivity contribution in [2.45, 2.75) is 45.1 Å². The van der Waals surface area contributed by atoms with Crippen LogP contribution in [-0.4, -0.2) is 51.6 Å². The van der Waals surface area contributed by atoms with Gasteiger partial charge in [0.2, 0.25) is 0 Å². The van der Waals surface area contributed by atoms with Crippen LogP contribution in [0, 0.1) is 0 Å². The quantitative estimate of drug-likeness (QED) is 0.657. The summed E-state index contributed by atoms with van der Waals surface area (Å²) < 4.78 is 5.69. The van der Waals surface area contributed by atoms with E-state index in [1.54, 1.807) is 12.4 Å². The highest BCUT2D eigenvalue weighted by atomic mass is 16.5. The minimum Gasteiger partial charge on any atom is -0.380 e. The van der Waals surface area contributed by atoms with Crippen molar-refractivity contribution in [3.05, 3.63) is 42.2 Å². The minimum absolute atomic E-state index is 0.0386. The molecule has 3 rings (SSSR count). The van der Waals surface area contributed by atoms with Gasteiger partial charge in [-0.2, -0.15) is 15.0 Å². The van der Waals surface area contributed by atoms with Crippen LogP contribution < -0.4 is 0 Å². The van der Waals surface area contributed by atoms with Gasteiger partial charge in [0, 0.05) is 19.2 Å². The zero-order chi connectivity index (χ0) is 17.5. The first-order valence-electron chi connectivity index (χ1n) is 9.15. The predicted octanol–water partition coefficient (Wildman–Crippen LogP) is 3.08. The molecule has 1 fully saturated rings. The Balaban J connectivity index is 1.74. The largest absolute Gasteiger partial charge is 0.380 e. The third-order valence-electron chi connectivity index (χ3n) is 4.66. The van der Waals surface area contributed by atoms with E-state index in [1.165, 1.54) is 11.2 Å². The van der Waals surface area contributed by atoms with Crippen LogP contribution in [0.4, 0.5) is 0 Å². The second-order valence-corrected chi connectivity index (χ2v) is 6.38. The highest BCUT2D eigenvalue weighted by Gasteiger charge is 2.30. The Bertz CT molecular complexity index is 668. The molecule has 0 saturated heterocycles. The van der Waals surface area contributed by atoms with Crippen molar-refractivity contribution in [2.24, 2.45) is 0 Å². The van der Waals surface area contributed by atoms with Gasteiger partial charge in [-0.3, -0.25) is 4.79 Å². The molecule has 6 heteroatoms. The number of para-hydroxylation sites is 1. The van der Waals surface area contributed by atoms with E-state index >= 15 is 0 Å². The van der Waals surface area contributed by atoms with Gasteiger partial charge in [0.15, 0.2) is 0 Å². The number of amides is 1. The molecular weight excluding hydrogens is 316 g/mol. The van der Waals surface area contributed by atoms with Crippen molar-refractivity contribution in [1.82, 2.24) is 19.9 Å². The van der Waals surface area contributed by atoms with Gasteiger partial charge in [-0.25, -0.2) is 0 Å². The van der Waals surface area contributed by atoms with Crippen molar-refractivity contribution in [3.63, 3.8) is 0 Å². The predicted molar refractivity (Wildman–Crippen MR) is 95.8 cm³/mol. The van der Waals surface area contributed by atoms with E-state index in [2.05, 4.69) is 17.1 Å². The number of hydrogen-bond acceptors (Lipinski definition) is 4. The van der Waals surface area contributed by atoms with E-state index < -0.39 is 0 Å². The van der Waals surface area contributed by atoms with Gasteiger partial charge in [-0.15, -0.1) is 0 Å². The molecule has 2 aromatic rings. The van der Waals surface area contributed by atoms with Crippen LogP contribution in [0.1, 0.15) is 49.4 Å². The topological polar surface area (TPSA) is 60.2 Å². The van der Waals surface area contributed by atoms with Crippen LogP contribution in [0.25, 0.3) is 5.69 Å². The van der Waals surface area contributed by atoms with Gasteiger partial charge in [0.25, 0.3) is 5.91 Å². The monoisotopic (exact) mass is 342 g/mol. The van der Waals surface area contributed by atoms with Gasteiger partial charge in [-0.05, 0) is 37.8 Å². The first-order valence-corrected chi connectivity index (χ1v) is 9.15. The Morgan fingerprint density at radius 2 is 2.00 bits per heavy atom. The molecule has 1 aliphatic rings. The number of nitrogens with zero attached hydrogens (tertiary/aromatic N) is 4. The molecule has 1 aromatic heterocycles. The van der Waals surface area contributed by atoms with E-state index in [0.717, 1.165) is 32.3 Å². The number of ether oxygens (including phenoxy) is 1. The van der Waals surface area contributed by atoms with Gasteiger partial charge in [-0.1, -0.05) is 25.5 Å². The molecule has 0 N–H and O–H groups in total. The van der Waals surface area contributed by atoms with Crippen molar-refractivity contribution >= 4 is 5.91 Å². The second kappa shape index (κ2) is 8.76. The fourth-order valence-electron chi connectivity index (χ4n) is 2.98. The third-order valence-corrected chi connectivity index (χ3v) is 4.66. The maximum atomic E-state index is 13.2. The Morgan fingerprint density at radius 3 is 2.68 bits per heavy atom. The summed E-state index contributed by atoms with van der Waals surface area (Å²) in [6.45, 7) is 4.13. The van der Waals surface area contributed by atoms with Gasteiger partial charge in [0.05, 0.1) is 30.3 Å². The number of aromatic nitrogens is 3. The highest BCUT2D eigenvalue weighted by molar-refractivity contribution is 5.98. The first-order chi connectivity index (χ1) is 12.3. The third kappa shape index (κ3) is 4.25. The van der Waals surface area contributed by atoms with E-state index in [4.69, 9.17) is 4.74 Å². The van der Waals surface area contributed by atoms with E-state index in [9.17, 15) is 4.79 Å². The molecule has 0 bridgehead atoms. The van der Waals surface area contributed by atoms with Crippen molar-refractivity contribution in [3.8, 4) is 5.69 Å². The second-order valence-electron chi connectivity index (χ2n) is 6.38. The molecule has 0 spiro atoms. The Labute approximate surface area is 148 Å². The maximum absolute atomic E-state index is 13.2. The Morgan fingerprint density at radius 1 is 1.24 bits per heavy atom. The molecule has 1 saturated carbocycles. The van der Waals surface area contributed by atoms with Crippen molar-refractivity contribution < 1.29 is 9.53 Å². The normalized spacial score (nSPS) is 14.3. The smallest absolute Gasteiger partial charge is 0.256 e. The summed E-state index contributed by atoms with van der Waals surface area (Å²) in [5.74, 6) is 0.0386. The summed E-state index contributed by atoms with van der Waals surface area (Å²) >= 11 is 0. The zero-order valence-electron chi connectivity index (χ0n) is 14.8. The molecule has 6 nitrogen and oxygen atoms in total. The molecule has 0 radical (unpaired) electrons. The van der Waals surface area contributed by atoms with Crippen molar-refractivity contribution in [2.75, 3.05) is 19.8 Å². The number of carbonyl (C=O) groups is 1. The fraction of sp³-hybridized carbons (Fsp3) is 0.526.